The number of rotatable bonds is 3. The van der Waals surface area contributed by atoms with Gasteiger partial charge in [-0.3, -0.25) is 4.79 Å². The fourth-order valence-electron chi connectivity index (χ4n) is 2.03. The van der Waals surface area contributed by atoms with Gasteiger partial charge in [-0.15, -0.1) is 0 Å². The number of hydrogen-bond acceptors (Lipinski definition) is 5. The van der Waals surface area contributed by atoms with Crippen molar-refractivity contribution in [1.82, 2.24) is 14.9 Å². The zero-order valence-electron chi connectivity index (χ0n) is 11.8. The maximum atomic E-state index is 10.7. The molecule has 104 valence electrons. The van der Waals surface area contributed by atoms with Gasteiger partial charge in [0.05, 0.1) is 0 Å². The molecule has 1 fully saturated rings. The lowest BCUT2D eigenvalue weighted by atomic mass is 10.1. The fourth-order valence-corrected chi connectivity index (χ4v) is 2.03. The molecule has 1 aromatic rings. The monoisotopic (exact) mass is 263 g/mol. The Morgan fingerprint density at radius 2 is 1.89 bits per heavy atom. The standard InChI is InChI=1S/C13H21N5O/c1-13(2,3)16-11-8-12(15-9-14-11)18-6-4-17(10-19)5-7-18/h8-10H,4-7H2,1-3H3,(H,14,15,16). The van der Waals surface area contributed by atoms with E-state index in [1.54, 1.807) is 11.2 Å². The SMILES string of the molecule is CC(C)(C)Nc1cc(N2CCN(C=O)CC2)ncn1. The van der Waals surface area contributed by atoms with Crippen LogP contribution in [0.2, 0.25) is 0 Å². The lowest BCUT2D eigenvalue weighted by Crippen LogP contribution is -2.46. The summed E-state index contributed by atoms with van der Waals surface area (Å²) in [5, 5.41) is 3.34. The van der Waals surface area contributed by atoms with E-state index in [0.717, 1.165) is 44.2 Å². The summed E-state index contributed by atoms with van der Waals surface area (Å²) in [6.45, 7) is 9.40. The van der Waals surface area contributed by atoms with Crippen molar-refractivity contribution in [3.63, 3.8) is 0 Å². The van der Waals surface area contributed by atoms with Gasteiger partial charge in [0.25, 0.3) is 0 Å². The van der Waals surface area contributed by atoms with Crippen molar-refractivity contribution in [2.75, 3.05) is 36.4 Å². The van der Waals surface area contributed by atoms with Crippen molar-refractivity contribution in [1.29, 1.82) is 0 Å². The Kier molecular flexibility index (Phi) is 3.87. The predicted molar refractivity (Wildman–Crippen MR) is 75.3 cm³/mol. The van der Waals surface area contributed by atoms with E-state index < -0.39 is 0 Å². The quantitative estimate of drug-likeness (QED) is 0.823. The number of carbonyl (C=O) groups is 1. The van der Waals surface area contributed by atoms with Gasteiger partial charge < -0.3 is 15.1 Å². The van der Waals surface area contributed by atoms with Crippen molar-refractivity contribution >= 4 is 18.0 Å². The van der Waals surface area contributed by atoms with Gasteiger partial charge in [-0.1, -0.05) is 0 Å². The highest BCUT2D eigenvalue weighted by molar-refractivity contribution is 5.52. The number of amides is 1. The fraction of sp³-hybridized carbons (Fsp3) is 0.615. The maximum absolute atomic E-state index is 10.7. The van der Waals surface area contributed by atoms with Crippen LogP contribution in [0.5, 0.6) is 0 Å². The highest BCUT2D eigenvalue weighted by atomic mass is 16.1. The van der Waals surface area contributed by atoms with E-state index in [1.807, 2.05) is 6.07 Å². The third kappa shape index (κ3) is 3.81. The Bertz CT molecular complexity index is 435. The van der Waals surface area contributed by atoms with E-state index in [4.69, 9.17) is 0 Å². The highest BCUT2D eigenvalue weighted by Gasteiger charge is 2.18. The Morgan fingerprint density at radius 3 is 2.47 bits per heavy atom. The van der Waals surface area contributed by atoms with Crippen LogP contribution in [0.4, 0.5) is 11.6 Å². The van der Waals surface area contributed by atoms with Crippen molar-refractivity contribution in [3.05, 3.63) is 12.4 Å². The molecule has 1 amide bonds. The molecular weight excluding hydrogens is 242 g/mol. The van der Waals surface area contributed by atoms with Crippen LogP contribution in [0.1, 0.15) is 20.8 Å². The van der Waals surface area contributed by atoms with Gasteiger partial charge >= 0.3 is 0 Å². The first-order valence-corrected chi connectivity index (χ1v) is 6.52. The average Bonchev–Trinajstić information content (AvgIpc) is 2.37. The van der Waals surface area contributed by atoms with Crippen LogP contribution >= 0.6 is 0 Å². The van der Waals surface area contributed by atoms with Gasteiger partial charge in [-0.2, -0.15) is 0 Å². The molecule has 1 N–H and O–H groups in total. The summed E-state index contributed by atoms with van der Waals surface area (Å²) in [7, 11) is 0. The molecule has 0 aromatic carbocycles. The van der Waals surface area contributed by atoms with E-state index in [9.17, 15) is 4.79 Å². The van der Waals surface area contributed by atoms with Gasteiger partial charge in [-0.05, 0) is 20.8 Å². The van der Waals surface area contributed by atoms with Gasteiger partial charge in [-0.25, -0.2) is 9.97 Å². The second-order valence-electron chi connectivity index (χ2n) is 5.76. The molecule has 0 radical (unpaired) electrons. The molecular formula is C13H21N5O. The topological polar surface area (TPSA) is 61.4 Å². The number of nitrogens with one attached hydrogen (secondary N) is 1. The summed E-state index contributed by atoms with van der Waals surface area (Å²) in [5.74, 6) is 1.74. The smallest absolute Gasteiger partial charge is 0.209 e. The summed E-state index contributed by atoms with van der Waals surface area (Å²) in [5.41, 5.74) is -0.0260. The van der Waals surface area contributed by atoms with Crippen LogP contribution in [0.3, 0.4) is 0 Å². The van der Waals surface area contributed by atoms with Crippen molar-refractivity contribution in [2.24, 2.45) is 0 Å². The third-order valence-electron chi connectivity index (χ3n) is 2.94. The number of anilines is 2. The molecule has 6 heteroatoms. The average molecular weight is 263 g/mol. The number of carbonyl (C=O) groups excluding carboxylic acids is 1. The molecule has 0 unspecified atom stereocenters. The Morgan fingerprint density at radius 1 is 1.21 bits per heavy atom. The minimum atomic E-state index is -0.0260. The van der Waals surface area contributed by atoms with Crippen molar-refractivity contribution in [2.45, 2.75) is 26.3 Å². The first kappa shape index (κ1) is 13.6. The summed E-state index contributed by atoms with van der Waals surface area (Å²) < 4.78 is 0. The largest absolute Gasteiger partial charge is 0.365 e. The molecule has 2 heterocycles. The van der Waals surface area contributed by atoms with Gasteiger partial charge in [0, 0.05) is 37.8 Å². The van der Waals surface area contributed by atoms with Crippen LogP contribution in [0.25, 0.3) is 0 Å². The van der Waals surface area contributed by atoms with Crippen LogP contribution in [0, 0.1) is 0 Å². The molecule has 1 saturated heterocycles. The predicted octanol–water partition coefficient (Wildman–Crippen LogP) is 0.965. The summed E-state index contributed by atoms with van der Waals surface area (Å²) in [6.07, 6.45) is 2.49. The Balaban J connectivity index is 2.05. The molecule has 0 aliphatic carbocycles. The second-order valence-corrected chi connectivity index (χ2v) is 5.76. The molecule has 1 aliphatic heterocycles. The number of nitrogens with zero attached hydrogens (tertiary/aromatic N) is 4. The summed E-state index contributed by atoms with van der Waals surface area (Å²) in [4.78, 5) is 23.2. The normalized spacial score (nSPS) is 16.4. The number of aromatic nitrogens is 2. The van der Waals surface area contributed by atoms with Crippen LogP contribution in [-0.4, -0.2) is 53.0 Å². The van der Waals surface area contributed by atoms with Crippen molar-refractivity contribution < 1.29 is 4.79 Å². The van der Waals surface area contributed by atoms with Gasteiger partial charge in [0.2, 0.25) is 6.41 Å². The number of piperazine rings is 1. The zero-order chi connectivity index (χ0) is 13.9. The zero-order valence-corrected chi connectivity index (χ0v) is 11.8. The van der Waals surface area contributed by atoms with Crippen LogP contribution in [0.15, 0.2) is 12.4 Å². The minimum Gasteiger partial charge on any atom is -0.365 e. The molecule has 1 aliphatic rings. The van der Waals surface area contributed by atoms with E-state index >= 15 is 0 Å². The van der Waals surface area contributed by atoms with Gasteiger partial charge in [0.1, 0.15) is 18.0 Å². The molecule has 0 atom stereocenters. The summed E-state index contributed by atoms with van der Waals surface area (Å²) >= 11 is 0. The van der Waals surface area contributed by atoms with E-state index in [0.29, 0.717) is 0 Å². The maximum Gasteiger partial charge on any atom is 0.209 e. The van der Waals surface area contributed by atoms with E-state index in [2.05, 4.69) is 41.0 Å². The lowest BCUT2D eigenvalue weighted by molar-refractivity contribution is -0.118. The lowest BCUT2D eigenvalue weighted by Gasteiger charge is -2.33. The molecule has 0 spiro atoms. The first-order chi connectivity index (χ1) is 8.98. The molecule has 0 bridgehead atoms. The second kappa shape index (κ2) is 5.42. The third-order valence-corrected chi connectivity index (χ3v) is 2.94. The van der Waals surface area contributed by atoms with E-state index in [1.165, 1.54) is 0 Å². The molecule has 19 heavy (non-hydrogen) atoms. The Hall–Kier alpha value is -1.85. The summed E-state index contributed by atoms with van der Waals surface area (Å²) in [6, 6.07) is 1.96. The first-order valence-electron chi connectivity index (χ1n) is 6.52. The minimum absolute atomic E-state index is 0.0260. The van der Waals surface area contributed by atoms with Crippen molar-refractivity contribution in [3.8, 4) is 0 Å². The molecule has 6 nitrogen and oxygen atoms in total. The molecule has 1 aromatic heterocycles. The van der Waals surface area contributed by atoms with Crippen LogP contribution in [-0.2, 0) is 4.79 Å². The van der Waals surface area contributed by atoms with Crippen LogP contribution < -0.4 is 10.2 Å². The van der Waals surface area contributed by atoms with Gasteiger partial charge in [0.15, 0.2) is 0 Å². The molecule has 2 rings (SSSR count). The molecule has 0 saturated carbocycles. The number of hydrogen-bond donors (Lipinski definition) is 1. The van der Waals surface area contributed by atoms with E-state index in [-0.39, 0.29) is 5.54 Å². The highest BCUT2D eigenvalue weighted by Crippen LogP contribution is 2.18. The Labute approximate surface area is 113 Å².